The lowest BCUT2D eigenvalue weighted by Crippen LogP contribution is -2.32. The molecule has 1 aliphatic carbocycles. The van der Waals surface area contributed by atoms with Gasteiger partial charge in [-0.2, -0.15) is 5.26 Å². The van der Waals surface area contributed by atoms with Crippen LogP contribution in [0.25, 0.3) is 10.9 Å². The summed E-state index contributed by atoms with van der Waals surface area (Å²) in [5, 5.41) is 10.0. The highest BCUT2D eigenvalue weighted by Gasteiger charge is 2.41. The molecule has 0 saturated carbocycles. The Hall–Kier alpha value is -3.19. The molecule has 2 aromatic carbocycles. The Morgan fingerprint density at radius 1 is 1.14 bits per heavy atom. The summed E-state index contributed by atoms with van der Waals surface area (Å²) in [5.41, 5.74) is 2.83. The number of sulfonamides is 1. The fourth-order valence-electron chi connectivity index (χ4n) is 4.49. The summed E-state index contributed by atoms with van der Waals surface area (Å²) in [7, 11) is 1.00. The first kappa shape index (κ1) is 24.9. The fraction of sp³-hybridized carbons (Fsp3) is 0.385. The van der Waals surface area contributed by atoms with Crippen molar-refractivity contribution >= 4 is 26.7 Å². The van der Waals surface area contributed by atoms with E-state index in [-0.39, 0.29) is 16.4 Å². The maximum Gasteiger partial charge on any atom is 0.246 e. The van der Waals surface area contributed by atoms with Crippen molar-refractivity contribution in [2.75, 3.05) is 40.8 Å². The number of carbonyl (C=O) groups excluding carboxylic acids is 1. The van der Waals surface area contributed by atoms with Gasteiger partial charge in [0, 0.05) is 48.2 Å². The van der Waals surface area contributed by atoms with Crippen LogP contribution in [-0.4, -0.2) is 69.2 Å². The lowest BCUT2D eigenvalue weighted by Gasteiger charge is -2.33. The van der Waals surface area contributed by atoms with Crippen molar-refractivity contribution < 1.29 is 17.9 Å². The van der Waals surface area contributed by atoms with Gasteiger partial charge in [0.2, 0.25) is 10.0 Å². The van der Waals surface area contributed by atoms with Crippen molar-refractivity contribution in [3.05, 3.63) is 58.3 Å². The lowest BCUT2D eigenvalue weighted by atomic mass is 9.71. The third-order valence-electron chi connectivity index (χ3n) is 6.81. The SMILES string of the molecule is CCN(C)CCOc1cc2c(cc1S(=O)(=O)N(C)C)C(=O)c1c([nH]c3cc(C#N)ccc13)C2(C)C. The number of ether oxygens (including phenoxy) is 1. The Bertz CT molecular complexity index is 1480. The molecule has 8 nitrogen and oxygen atoms in total. The zero-order chi connectivity index (χ0) is 25.7. The molecule has 4 rings (SSSR count). The molecule has 35 heavy (non-hydrogen) atoms. The van der Waals surface area contributed by atoms with Crippen molar-refractivity contribution in [3.63, 3.8) is 0 Å². The number of likely N-dealkylation sites (N-methyl/N-ethyl adjacent to an activating group) is 1. The third kappa shape index (κ3) is 4.01. The molecule has 1 N–H and O–H groups in total. The quantitative estimate of drug-likeness (QED) is 0.539. The molecule has 1 aliphatic rings. The third-order valence-corrected chi connectivity index (χ3v) is 8.65. The Kier molecular flexibility index (Phi) is 6.26. The molecule has 1 heterocycles. The second-order valence-electron chi connectivity index (χ2n) is 9.58. The molecule has 0 bridgehead atoms. The number of fused-ring (bicyclic) bond motifs is 4. The molecule has 184 valence electrons. The smallest absolute Gasteiger partial charge is 0.246 e. The highest BCUT2D eigenvalue weighted by atomic mass is 32.2. The molecule has 9 heteroatoms. The molecular formula is C26H30N4O4S. The number of hydrogen-bond acceptors (Lipinski definition) is 6. The maximum atomic E-state index is 13.8. The average Bonchev–Trinajstić information content (AvgIpc) is 3.22. The van der Waals surface area contributed by atoms with Crippen LogP contribution in [0.2, 0.25) is 0 Å². The second-order valence-corrected chi connectivity index (χ2v) is 11.7. The van der Waals surface area contributed by atoms with Gasteiger partial charge in [0.1, 0.15) is 17.3 Å². The van der Waals surface area contributed by atoms with E-state index in [4.69, 9.17) is 4.74 Å². The van der Waals surface area contributed by atoms with Crippen molar-refractivity contribution in [2.24, 2.45) is 0 Å². The number of nitrogens with one attached hydrogen (secondary N) is 1. The standard InChI is InChI=1S/C26H30N4O4S/c1-7-30(6)10-11-34-21-14-19-18(13-22(21)35(32,33)29(4)5)24(31)23-17-9-8-16(15-27)12-20(17)28-25(23)26(19,2)3/h8-9,12-14,28H,7,10-11H2,1-6H3. The zero-order valence-corrected chi connectivity index (χ0v) is 21.7. The molecule has 0 amide bonds. The molecule has 0 fully saturated rings. The van der Waals surface area contributed by atoms with Crippen LogP contribution in [0.4, 0.5) is 0 Å². The van der Waals surface area contributed by atoms with Crippen molar-refractivity contribution in [1.29, 1.82) is 5.26 Å². The van der Waals surface area contributed by atoms with Gasteiger partial charge in [-0.05, 0) is 43.4 Å². The van der Waals surface area contributed by atoms with Crippen molar-refractivity contribution in [3.8, 4) is 11.8 Å². The summed E-state index contributed by atoms with van der Waals surface area (Å²) in [6.45, 7) is 7.80. The van der Waals surface area contributed by atoms with Gasteiger partial charge in [0.15, 0.2) is 5.78 Å². The van der Waals surface area contributed by atoms with Gasteiger partial charge in [0.25, 0.3) is 0 Å². The molecule has 0 unspecified atom stereocenters. The topological polar surface area (TPSA) is 106 Å². The number of nitrogens with zero attached hydrogens (tertiary/aromatic N) is 3. The molecule has 0 atom stereocenters. The highest BCUT2D eigenvalue weighted by molar-refractivity contribution is 7.89. The summed E-state index contributed by atoms with van der Waals surface area (Å²) in [6, 6.07) is 10.5. The molecule has 3 aromatic rings. The van der Waals surface area contributed by atoms with E-state index < -0.39 is 15.4 Å². The minimum atomic E-state index is -3.87. The Morgan fingerprint density at radius 3 is 2.49 bits per heavy atom. The number of nitriles is 1. The lowest BCUT2D eigenvalue weighted by molar-refractivity contribution is 0.103. The summed E-state index contributed by atoms with van der Waals surface area (Å²) in [4.78, 5) is 19.2. The molecule has 0 spiro atoms. The van der Waals surface area contributed by atoms with Gasteiger partial charge in [0.05, 0.1) is 17.2 Å². The number of carbonyl (C=O) groups is 1. The summed E-state index contributed by atoms with van der Waals surface area (Å²) in [6.07, 6.45) is 0. The van der Waals surface area contributed by atoms with Crippen LogP contribution in [-0.2, 0) is 15.4 Å². The zero-order valence-electron chi connectivity index (χ0n) is 20.9. The number of H-pyrrole nitrogens is 1. The Labute approximate surface area is 206 Å². The van der Waals surface area contributed by atoms with E-state index in [2.05, 4.69) is 16.0 Å². The monoisotopic (exact) mass is 494 g/mol. The van der Waals surface area contributed by atoms with Crippen LogP contribution in [0.5, 0.6) is 5.75 Å². The highest BCUT2D eigenvalue weighted by Crippen LogP contribution is 2.46. The second kappa shape index (κ2) is 8.79. The molecule has 0 radical (unpaired) electrons. The Balaban J connectivity index is 1.93. The van der Waals surface area contributed by atoms with E-state index >= 15 is 0 Å². The van der Waals surface area contributed by atoms with Crippen LogP contribution in [0, 0.1) is 11.3 Å². The van der Waals surface area contributed by atoms with E-state index in [1.54, 1.807) is 24.3 Å². The normalized spacial score (nSPS) is 14.8. The van der Waals surface area contributed by atoms with Crippen LogP contribution in [0.1, 0.15) is 53.5 Å². The van der Waals surface area contributed by atoms with Crippen molar-refractivity contribution in [2.45, 2.75) is 31.1 Å². The van der Waals surface area contributed by atoms with E-state index in [0.29, 0.717) is 46.3 Å². The number of hydrogen-bond donors (Lipinski definition) is 1. The number of benzene rings is 2. The van der Waals surface area contributed by atoms with Crippen LogP contribution < -0.4 is 4.74 Å². The minimum absolute atomic E-state index is 0.0281. The van der Waals surface area contributed by atoms with Gasteiger partial charge >= 0.3 is 0 Å². The van der Waals surface area contributed by atoms with E-state index in [0.717, 1.165) is 16.5 Å². The average molecular weight is 495 g/mol. The van der Waals surface area contributed by atoms with Crippen LogP contribution >= 0.6 is 0 Å². The number of rotatable bonds is 7. The number of ketones is 1. The first-order valence-electron chi connectivity index (χ1n) is 11.5. The fourth-order valence-corrected chi connectivity index (χ4v) is 5.52. The van der Waals surface area contributed by atoms with E-state index in [1.807, 2.05) is 27.8 Å². The Morgan fingerprint density at radius 2 is 1.86 bits per heavy atom. The van der Waals surface area contributed by atoms with Gasteiger partial charge in [-0.1, -0.05) is 26.8 Å². The molecular weight excluding hydrogens is 464 g/mol. The molecule has 0 aliphatic heterocycles. The van der Waals surface area contributed by atoms with Gasteiger partial charge in [-0.3, -0.25) is 4.79 Å². The first-order valence-corrected chi connectivity index (χ1v) is 12.9. The van der Waals surface area contributed by atoms with E-state index in [9.17, 15) is 18.5 Å². The van der Waals surface area contributed by atoms with Gasteiger partial charge < -0.3 is 14.6 Å². The van der Waals surface area contributed by atoms with E-state index in [1.165, 1.54) is 20.2 Å². The maximum absolute atomic E-state index is 13.8. The summed E-state index contributed by atoms with van der Waals surface area (Å²) < 4.78 is 33.6. The minimum Gasteiger partial charge on any atom is -0.491 e. The molecule has 1 aromatic heterocycles. The van der Waals surface area contributed by atoms with Gasteiger partial charge in [-0.25, -0.2) is 12.7 Å². The molecule has 0 saturated heterocycles. The van der Waals surface area contributed by atoms with Gasteiger partial charge in [-0.15, -0.1) is 0 Å². The predicted octanol–water partition coefficient (Wildman–Crippen LogP) is 3.49. The number of aromatic nitrogens is 1. The predicted molar refractivity (Wildman–Crippen MR) is 135 cm³/mol. The van der Waals surface area contributed by atoms with Crippen LogP contribution in [0.15, 0.2) is 35.2 Å². The summed E-state index contributed by atoms with van der Waals surface area (Å²) >= 11 is 0. The largest absolute Gasteiger partial charge is 0.491 e. The van der Waals surface area contributed by atoms with Crippen molar-refractivity contribution in [1.82, 2.24) is 14.2 Å². The first-order chi connectivity index (χ1) is 16.4. The number of aromatic amines is 1. The summed E-state index contributed by atoms with van der Waals surface area (Å²) in [5.74, 6) is -0.0214. The van der Waals surface area contributed by atoms with Crippen LogP contribution in [0.3, 0.4) is 0 Å².